The first kappa shape index (κ1) is 22.3. The van der Waals surface area contributed by atoms with Gasteiger partial charge in [-0.15, -0.1) is 0 Å². The van der Waals surface area contributed by atoms with Crippen LogP contribution in [-0.2, 0) is 14.8 Å². The summed E-state index contributed by atoms with van der Waals surface area (Å²) in [5, 5.41) is 2.97. The van der Waals surface area contributed by atoms with E-state index < -0.39 is 10.0 Å². The van der Waals surface area contributed by atoms with Gasteiger partial charge in [-0.2, -0.15) is 4.31 Å². The number of carbonyl (C=O) groups is 1. The molecule has 1 heterocycles. The van der Waals surface area contributed by atoms with Gasteiger partial charge in [-0.3, -0.25) is 4.79 Å². The molecule has 0 saturated carbocycles. The van der Waals surface area contributed by atoms with E-state index in [-0.39, 0.29) is 18.6 Å². The molecule has 0 radical (unpaired) electrons. The maximum Gasteiger partial charge on any atom is 0.258 e. The summed E-state index contributed by atoms with van der Waals surface area (Å²) in [5.41, 5.74) is 3.81. The molecule has 1 N–H and O–H groups in total. The van der Waals surface area contributed by atoms with Gasteiger partial charge in [-0.05, 0) is 69.4 Å². The number of nitrogens with zero attached hydrogens (tertiary/aromatic N) is 1. The van der Waals surface area contributed by atoms with Gasteiger partial charge in [-0.1, -0.05) is 29.8 Å². The number of piperidine rings is 1. The Hall–Kier alpha value is -2.38. The summed E-state index contributed by atoms with van der Waals surface area (Å²) in [5.74, 6) is 0.510. The van der Waals surface area contributed by atoms with Crippen LogP contribution in [-0.4, -0.2) is 44.4 Å². The maximum atomic E-state index is 13.0. The third kappa shape index (κ3) is 5.21. The molecule has 1 amide bonds. The van der Waals surface area contributed by atoms with Crippen molar-refractivity contribution >= 4 is 15.9 Å². The van der Waals surface area contributed by atoms with Crippen LogP contribution in [0, 0.1) is 27.7 Å². The minimum Gasteiger partial charge on any atom is -0.484 e. The van der Waals surface area contributed by atoms with Crippen LogP contribution in [0.15, 0.2) is 41.3 Å². The van der Waals surface area contributed by atoms with Crippen molar-refractivity contribution in [1.82, 2.24) is 9.62 Å². The zero-order chi connectivity index (χ0) is 21.9. The second-order valence-electron chi connectivity index (χ2n) is 8.07. The molecule has 0 aliphatic carbocycles. The van der Waals surface area contributed by atoms with Gasteiger partial charge < -0.3 is 10.1 Å². The molecule has 6 nitrogen and oxygen atoms in total. The average Bonchev–Trinajstić information content (AvgIpc) is 2.69. The summed E-state index contributed by atoms with van der Waals surface area (Å²) in [4.78, 5) is 12.6. The van der Waals surface area contributed by atoms with Gasteiger partial charge in [0, 0.05) is 19.1 Å². The molecule has 3 rings (SSSR count). The molecular formula is C23H30N2O4S. The average molecular weight is 431 g/mol. The number of carbonyl (C=O) groups excluding carboxylic acids is 1. The largest absolute Gasteiger partial charge is 0.484 e. The number of benzene rings is 2. The van der Waals surface area contributed by atoms with Gasteiger partial charge in [0.05, 0.1) is 4.90 Å². The Morgan fingerprint density at radius 1 is 1.00 bits per heavy atom. The SMILES string of the molecule is Cc1ccc(OCC(=O)NC2CCN(S(=O)(=O)c3cc(C)ccc3C)CC2)c(C)c1. The van der Waals surface area contributed by atoms with Gasteiger partial charge in [0.2, 0.25) is 10.0 Å². The third-order valence-corrected chi connectivity index (χ3v) is 7.51. The molecule has 0 bridgehead atoms. The van der Waals surface area contributed by atoms with Crippen LogP contribution in [0.2, 0.25) is 0 Å². The quantitative estimate of drug-likeness (QED) is 0.763. The lowest BCUT2D eigenvalue weighted by atomic mass is 10.1. The first-order valence-electron chi connectivity index (χ1n) is 10.2. The van der Waals surface area contributed by atoms with E-state index in [1.165, 1.54) is 4.31 Å². The van der Waals surface area contributed by atoms with Crippen molar-refractivity contribution in [3.05, 3.63) is 58.7 Å². The summed E-state index contributed by atoms with van der Waals surface area (Å²) in [7, 11) is -3.53. The Morgan fingerprint density at radius 2 is 1.63 bits per heavy atom. The maximum absolute atomic E-state index is 13.0. The zero-order valence-electron chi connectivity index (χ0n) is 18.1. The van der Waals surface area contributed by atoms with Crippen molar-refractivity contribution in [2.24, 2.45) is 0 Å². The Labute approximate surface area is 179 Å². The van der Waals surface area contributed by atoms with E-state index in [0.29, 0.717) is 36.6 Å². The first-order chi connectivity index (χ1) is 14.2. The molecule has 2 aromatic rings. The number of hydrogen-bond donors (Lipinski definition) is 1. The molecule has 1 aliphatic rings. The molecule has 0 unspecified atom stereocenters. The summed E-state index contributed by atoms with van der Waals surface area (Å²) < 4.78 is 33.2. The topological polar surface area (TPSA) is 75.7 Å². The summed E-state index contributed by atoms with van der Waals surface area (Å²) in [6.45, 7) is 8.39. The van der Waals surface area contributed by atoms with E-state index in [4.69, 9.17) is 4.74 Å². The van der Waals surface area contributed by atoms with Gasteiger partial charge in [0.25, 0.3) is 5.91 Å². The van der Waals surface area contributed by atoms with Crippen molar-refractivity contribution in [2.45, 2.75) is 51.5 Å². The van der Waals surface area contributed by atoms with Gasteiger partial charge >= 0.3 is 0 Å². The van der Waals surface area contributed by atoms with Gasteiger partial charge in [0.15, 0.2) is 6.61 Å². The molecule has 30 heavy (non-hydrogen) atoms. The Bertz CT molecular complexity index is 1030. The summed E-state index contributed by atoms with van der Waals surface area (Å²) in [6, 6.07) is 11.3. The lowest BCUT2D eigenvalue weighted by Crippen LogP contribution is -2.47. The van der Waals surface area contributed by atoms with Crippen LogP contribution in [0.3, 0.4) is 0 Å². The molecule has 1 saturated heterocycles. The predicted octanol–water partition coefficient (Wildman–Crippen LogP) is 3.27. The number of rotatable bonds is 6. The van der Waals surface area contributed by atoms with Crippen LogP contribution in [0.4, 0.5) is 0 Å². The van der Waals surface area contributed by atoms with E-state index in [2.05, 4.69) is 5.32 Å². The fraction of sp³-hybridized carbons (Fsp3) is 0.435. The van der Waals surface area contributed by atoms with Crippen LogP contribution >= 0.6 is 0 Å². The van der Waals surface area contributed by atoms with Crippen LogP contribution in [0.5, 0.6) is 5.75 Å². The van der Waals surface area contributed by atoms with Gasteiger partial charge in [-0.25, -0.2) is 8.42 Å². The Morgan fingerprint density at radius 3 is 2.30 bits per heavy atom. The van der Waals surface area contributed by atoms with E-state index in [0.717, 1.165) is 22.3 Å². The Balaban J connectivity index is 1.52. The highest BCUT2D eigenvalue weighted by Crippen LogP contribution is 2.24. The minimum absolute atomic E-state index is 0.0507. The molecule has 7 heteroatoms. The minimum atomic E-state index is -3.53. The second-order valence-corrected chi connectivity index (χ2v) is 9.98. The molecular weight excluding hydrogens is 400 g/mol. The van der Waals surface area contributed by atoms with Crippen LogP contribution < -0.4 is 10.1 Å². The third-order valence-electron chi connectivity index (χ3n) is 5.47. The van der Waals surface area contributed by atoms with Gasteiger partial charge in [0.1, 0.15) is 5.75 Å². The van der Waals surface area contributed by atoms with Crippen molar-refractivity contribution in [2.75, 3.05) is 19.7 Å². The molecule has 162 valence electrons. The fourth-order valence-electron chi connectivity index (χ4n) is 3.74. The van der Waals surface area contributed by atoms with E-state index >= 15 is 0 Å². The molecule has 1 fully saturated rings. The van der Waals surface area contributed by atoms with E-state index in [9.17, 15) is 13.2 Å². The lowest BCUT2D eigenvalue weighted by molar-refractivity contribution is -0.124. The second kappa shape index (κ2) is 9.18. The highest BCUT2D eigenvalue weighted by Gasteiger charge is 2.31. The van der Waals surface area contributed by atoms with Crippen molar-refractivity contribution in [1.29, 1.82) is 0 Å². The van der Waals surface area contributed by atoms with E-state index in [1.807, 2.05) is 58.0 Å². The van der Waals surface area contributed by atoms with Crippen molar-refractivity contribution in [3.63, 3.8) is 0 Å². The molecule has 0 atom stereocenters. The number of ether oxygens (including phenoxy) is 1. The normalized spacial score (nSPS) is 15.7. The number of nitrogens with one attached hydrogen (secondary N) is 1. The fourth-order valence-corrected chi connectivity index (χ4v) is 5.52. The monoisotopic (exact) mass is 430 g/mol. The zero-order valence-corrected chi connectivity index (χ0v) is 18.9. The predicted molar refractivity (Wildman–Crippen MR) is 117 cm³/mol. The van der Waals surface area contributed by atoms with E-state index in [1.54, 1.807) is 6.07 Å². The number of sulfonamides is 1. The lowest BCUT2D eigenvalue weighted by Gasteiger charge is -2.32. The molecule has 0 spiro atoms. The summed E-state index contributed by atoms with van der Waals surface area (Å²) >= 11 is 0. The highest BCUT2D eigenvalue weighted by atomic mass is 32.2. The number of aryl methyl sites for hydroxylation is 4. The summed E-state index contributed by atoms with van der Waals surface area (Å²) in [6.07, 6.45) is 1.17. The van der Waals surface area contributed by atoms with Crippen molar-refractivity contribution < 1.29 is 17.9 Å². The molecule has 1 aliphatic heterocycles. The standard InChI is InChI=1S/C23H30N2O4S/c1-16-6-8-21(19(4)13-16)29-15-23(26)24-20-9-11-25(12-10-20)30(27,28)22-14-17(2)5-7-18(22)3/h5-8,13-14,20H,9-12,15H2,1-4H3,(H,24,26). The van der Waals surface area contributed by atoms with Crippen LogP contribution in [0.25, 0.3) is 0 Å². The highest BCUT2D eigenvalue weighted by molar-refractivity contribution is 7.89. The number of hydrogen-bond acceptors (Lipinski definition) is 4. The first-order valence-corrected chi connectivity index (χ1v) is 11.7. The van der Waals surface area contributed by atoms with Crippen molar-refractivity contribution in [3.8, 4) is 5.75 Å². The molecule has 0 aromatic heterocycles. The number of amides is 1. The van der Waals surface area contributed by atoms with Crippen LogP contribution in [0.1, 0.15) is 35.1 Å². The Kier molecular flexibility index (Phi) is 6.83. The smallest absolute Gasteiger partial charge is 0.258 e. The molecule has 2 aromatic carbocycles.